The van der Waals surface area contributed by atoms with Crippen LogP contribution in [0, 0.1) is 0 Å². The van der Waals surface area contributed by atoms with Crippen LogP contribution in [-0.4, -0.2) is 26.6 Å². The molecule has 0 aromatic heterocycles. The molecule has 1 aromatic carbocycles. The molecule has 0 bridgehead atoms. The van der Waals surface area contributed by atoms with E-state index in [1.165, 1.54) is 6.07 Å². The Kier molecular flexibility index (Phi) is 4.59. The van der Waals surface area contributed by atoms with E-state index in [-0.39, 0.29) is 16.2 Å². The second-order valence-corrected chi connectivity index (χ2v) is 6.22. The van der Waals surface area contributed by atoms with Gasteiger partial charge in [0.05, 0.1) is 12.0 Å². The van der Waals surface area contributed by atoms with Gasteiger partial charge in [0.15, 0.2) is 0 Å². The van der Waals surface area contributed by atoms with Gasteiger partial charge in [-0.15, -0.1) is 0 Å². The van der Waals surface area contributed by atoms with Gasteiger partial charge in [-0.1, -0.05) is 13.3 Å². The van der Waals surface area contributed by atoms with E-state index in [0.29, 0.717) is 18.4 Å². The lowest BCUT2D eigenvalue weighted by Crippen LogP contribution is -2.05. The Morgan fingerprint density at radius 2 is 2.06 bits per heavy atom. The second-order valence-electron chi connectivity index (χ2n) is 3.66. The molecule has 0 spiro atoms. The molecule has 7 heteroatoms. The van der Waals surface area contributed by atoms with Crippen LogP contribution in [0.3, 0.4) is 0 Å². The minimum atomic E-state index is -3.97. The monoisotopic (exact) mass is 292 g/mol. The van der Waals surface area contributed by atoms with Gasteiger partial charge >= 0.3 is 5.97 Å². The molecule has 0 aliphatic heterocycles. The number of phenols is 1. The van der Waals surface area contributed by atoms with Crippen molar-refractivity contribution in [3.05, 3.63) is 23.3 Å². The first-order chi connectivity index (χ1) is 8.31. The van der Waals surface area contributed by atoms with Crippen molar-refractivity contribution in [3.8, 4) is 5.75 Å². The first-order valence-electron chi connectivity index (χ1n) is 5.20. The summed E-state index contributed by atoms with van der Waals surface area (Å²) in [7, 11) is 2.41. The number of esters is 1. The van der Waals surface area contributed by atoms with E-state index in [9.17, 15) is 18.3 Å². The van der Waals surface area contributed by atoms with Crippen molar-refractivity contribution in [3.63, 3.8) is 0 Å². The topological polar surface area (TPSA) is 80.7 Å². The van der Waals surface area contributed by atoms with Crippen LogP contribution in [0.5, 0.6) is 5.75 Å². The van der Waals surface area contributed by atoms with Crippen LogP contribution >= 0.6 is 10.7 Å². The highest BCUT2D eigenvalue weighted by molar-refractivity contribution is 8.13. The van der Waals surface area contributed by atoms with Crippen LogP contribution in [0.4, 0.5) is 0 Å². The van der Waals surface area contributed by atoms with Crippen molar-refractivity contribution in [1.29, 1.82) is 0 Å². The molecule has 0 aliphatic carbocycles. The van der Waals surface area contributed by atoms with Gasteiger partial charge in [-0.3, -0.25) is 0 Å². The number of aryl methyl sites for hydroxylation is 1. The van der Waals surface area contributed by atoms with Gasteiger partial charge in [0, 0.05) is 10.7 Å². The van der Waals surface area contributed by atoms with E-state index in [1.807, 2.05) is 6.92 Å². The van der Waals surface area contributed by atoms with Crippen molar-refractivity contribution in [2.45, 2.75) is 24.7 Å². The predicted octanol–water partition coefficient (Wildman–Crippen LogP) is 2.06. The zero-order valence-corrected chi connectivity index (χ0v) is 11.5. The summed E-state index contributed by atoms with van der Waals surface area (Å²) >= 11 is 0. The molecule has 0 unspecified atom stereocenters. The SMILES string of the molecule is CCCc1cc(S(=O)(=O)Cl)cc(C(=O)OC)c1O. The summed E-state index contributed by atoms with van der Waals surface area (Å²) in [4.78, 5) is 11.2. The van der Waals surface area contributed by atoms with E-state index in [1.54, 1.807) is 0 Å². The Bertz CT molecular complexity index is 565. The van der Waals surface area contributed by atoms with Crippen molar-refractivity contribution in [1.82, 2.24) is 0 Å². The van der Waals surface area contributed by atoms with Gasteiger partial charge in [-0.05, 0) is 24.1 Å². The average molecular weight is 293 g/mol. The zero-order valence-electron chi connectivity index (χ0n) is 9.94. The van der Waals surface area contributed by atoms with Gasteiger partial charge in [0.2, 0.25) is 0 Å². The van der Waals surface area contributed by atoms with Gasteiger partial charge in [-0.25, -0.2) is 13.2 Å². The number of carbonyl (C=O) groups is 1. The number of phenolic OH excluding ortho intramolecular Hbond substituents is 1. The lowest BCUT2D eigenvalue weighted by molar-refractivity contribution is 0.0597. The molecule has 0 amide bonds. The van der Waals surface area contributed by atoms with E-state index >= 15 is 0 Å². The van der Waals surface area contributed by atoms with Crippen LogP contribution in [0.1, 0.15) is 29.3 Å². The minimum Gasteiger partial charge on any atom is -0.507 e. The summed E-state index contributed by atoms with van der Waals surface area (Å²) in [5.74, 6) is -1.08. The van der Waals surface area contributed by atoms with Crippen LogP contribution in [0.15, 0.2) is 17.0 Å². The number of rotatable bonds is 4. The summed E-state index contributed by atoms with van der Waals surface area (Å²) in [5.41, 5.74) is 0.141. The van der Waals surface area contributed by atoms with Gasteiger partial charge in [-0.2, -0.15) is 0 Å². The molecule has 0 heterocycles. The maximum atomic E-state index is 11.4. The molecular weight excluding hydrogens is 280 g/mol. The smallest absolute Gasteiger partial charge is 0.341 e. The largest absolute Gasteiger partial charge is 0.507 e. The van der Waals surface area contributed by atoms with Gasteiger partial charge in [0.1, 0.15) is 11.3 Å². The Labute approximate surface area is 110 Å². The van der Waals surface area contributed by atoms with Crippen LogP contribution in [0.2, 0.25) is 0 Å². The number of methoxy groups -OCH3 is 1. The van der Waals surface area contributed by atoms with Crippen molar-refractivity contribution < 1.29 is 23.1 Å². The third-order valence-corrected chi connectivity index (χ3v) is 3.70. The Hall–Kier alpha value is -1.27. The van der Waals surface area contributed by atoms with E-state index in [0.717, 1.165) is 13.2 Å². The molecule has 0 aliphatic rings. The molecule has 5 nitrogen and oxygen atoms in total. The van der Waals surface area contributed by atoms with Gasteiger partial charge < -0.3 is 9.84 Å². The number of aromatic hydroxyl groups is 1. The normalized spacial score (nSPS) is 11.3. The number of benzene rings is 1. The highest BCUT2D eigenvalue weighted by Crippen LogP contribution is 2.29. The lowest BCUT2D eigenvalue weighted by atomic mass is 10.0. The summed E-state index contributed by atoms with van der Waals surface area (Å²) in [6.45, 7) is 1.86. The fourth-order valence-electron chi connectivity index (χ4n) is 1.53. The molecule has 1 N–H and O–H groups in total. The quantitative estimate of drug-likeness (QED) is 0.678. The minimum absolute atomic E-state index is 0.206. The molecular formula is C11H13ClO5S. The molecule has 1 aromatic rings. The van der Waals surface area contributed by atoms with Crippen LogP contribution < -0.4 is 0 Å². The third-order valence-electron chi connectivity index (χ3n) is 2.37. The molecule has 100 valence electrons. The van der Waals surface area contributed by atoms with Crippen LogP contribution in [-0.2, 0) is 20.2 Å². The molecule has 0 saturated heterocycles. The highest BCUT2D eigenvalue weighted by atomic mass is 35.7. The predicted molar refractivity (Wildman–Crippen MR) is 66.5 cm³/mol. The maximum Gasteiger partial charge on any atom is 0.341 e. The lowest BCUT2D eigenvalue weighted by Gasteiger charge is -2.10. The average Bonchev–Trinajstić information content (AvgIpc) is 2.29. The Morgan fingerprint density at radius 3 is 2.50 bits per heavy atom. The zero-order chi connectivity index (χ0) is 13.9. The van der Waals surface area contributed by atoms with E-state index in [2.05, 4.69) is 4.74 Å². The fraction of sp³-hybridized carbons (Fsp3) is 0.364. The fourth-order valence-corrected chi connectivity index (χ4v) is 2.34. The Morgan fingerprint density at radius 1 is 1.44 bits per heavy atom. The second kappa shape index (κ2) is 5.58. The first-order valence-corrected chi connectivity index (χ1v) is 7.51. The van der Waals surface area contributed by atoms with Crippen molar-refractivity contribution in [2.75, 3.05) is 7.11 Å². The number of hydrogen-bond donors (Lipinski definition) is 1. The molecule has 0 saturated carbocycles. The van der Waals surface area contributed by atoms with Gasteiger partial charge in [0.25, 0.3) is 9.05 Å². The molecule has 18 heavy (non-hydrogen) atoms. The van der Waals surface area contributed by atoms with Crippen molar-refractivity contribution in [2.24, 2.45) is 0 Å². The third kappa shape index (κ3) is 3.14. The van der Waals surface area contributed by atoms with E-state index in [4.69, 9.17) is 10.7 Å². The highest BCUT2D eigenvalue weighted by Gasteiger charge is 2.21. The number of halogens is 1. The molecule has 0 atom stereocenters. The maximum absolute atomic E-state index is 11.4. The molecule has 1 rings (SSSR count). The van der Waals surface area contributed by atoms with E-state index < -0.39 is 15.0 Å². The van der Waals surface area contributed by atoms with Crippen molar-refractivity contribution >= 4 is 25.7 Å². The summed E-state index contributed by atoms with van der Waals surface area (Å²) in [6.07, 6.45) is 1.11. The molecule has 0 radical (unpaired) electrons. The molecule has 0 fully saturated rings. The summed E-state index contributed by atoms with van der Waals surface area (Å²) in [6, 6.07) is 2.26. The summed E-state index contributed by atoms with van der Waals surface area (Å²) < 4.78 is 27.1. The number of carbonyl (C=O) groups excluding carboxylic acids is 1. The summed E-state index contributed by atoms with van der Waals surface area (Å²) in [5, 5.41) is 9.87. The number of hydrogen-bond acceptors (Lipinski definition) is 5. The standard InChI is InChI=1S/C11H13ClO5S/c1-3-4-7-5-8(18(12,15)16)6-9(10(7)13)11(14)17-2/h5-6,13H,3-4H2,1-2H3. The van der Waals surface area contributed by atoms with Crippen LogP contribution in [0.25, 0.3) is 0 Å². The Balaban J connectivity index is 3.51. The number of ether oxygens (including phenoxy) is 1. The first kappa shape index (κ1) is 14.8.